The van der Waals surface area contributed by atoms with Crippen molar-refractivity contribution in [3.8, 4) is 0 Å². The van der Waals surface area contributed by atoms with Crippen LogP contribution in [0.15, 0.2) is 30.3 Å². The van der Waals surface area contributed by atoms with Crippen molar-refractivity contribution >= 4 is 5.91 Å². The zero-order chi connectivity index (χ0) is 13.4. The lowest BCUT2D eigenvalue weighted by Gasteiger charge is -2.19. The molecule has 18 heavy (non-hydrogen) atoms. The van der Waals surface area contributed by atoms with Crippen LogP contribution in [0, 0.1) is 5.92 Å². The quantitative estimate of drug-likeness (QED) is 0.778. The summed E-state index contributed by atoms with van der Waals surface area (Å²) in [5.41, 5.74) is 1.18. The van der Waals surface area contributed by atoms with Crippen molar-refractivity contribution < 1.29 is 9.90 Å². The molecule has 1 aromatic carbocycles. The van der Waals surface area contributed by atoms with Gasteiger partial charge in [-0.2, -0.15) is 0 Å². The summed E-state index contributed by atoms with van der Waals surface area (Å²) in [4.78, 5) is 12.0. The summed E-state index contributed by atoms with van der Waals surface area (Å²) in [5, 5.41) is 11.9. The van der Waals surface area contributed by atoms with Crippen molar-refractivity contribution in [2.24, 2.45) is 5.92 Å². The second kappa shape index (κ2) is 7.88. The fourth-order valence-corrected chi connectivity index (χ4v) is 1.94. The van der Waals surface area contributed by atoms with Crippen molar-refractivity contribution in [2.45, 2.75) is 39.2 Å². The molecule has 0 aliphatic heterocycles. The van der Waals surface area contributed by atoms with E-state index in [0.717, 1.165) is 12.8 Å². The van der Waals surface area contributed by atoms with Gasteiger partial charge in [0.1, 0.15) is 0 Å². The van der Waals surface area contributed by atoms with Crippen LogP contribution in [0.5, 0.6) is 0 Å². The SMILES string of the molecule is CCC(CCO)NC(=O)C(C)Cc1ccccc1. The molecule has 0 spiro atoms. The molecular weight excluding hydrogens is 226 g/mol. The van der Waals surface area contributed by atoms with E-state index in [9.17, 15) is 4.79 Å². The Morgan fingerprint density at radius 3 is 2.56 bits per heavy atom. The van der Waals surface area contributed by atoms with E-state index in [4.69, 9.17) is 5.11 Å². The van der Waals surface area contributed by atoms with Crippen molar-refractivity contribution in [1.82, 2.24) is 5.32 Å². The van der Waals surface area contributed by atoms with Crippen LogP contribution >= 0.6 is 0 Å². The number of carbonyl (C=O) groups excluding carboxylic acids is 1. The summed E-state index contributed by atoms with van der Waals surface area (Å²) in [6.07, 6.45) is 2.23. The topological polar surface area (TPSA) is 49.3 Å². The minimum atomic E-state index is -0.0415. The zero-order valence-electron chi connectivity index (χ0n) is 11.2. The van der Waals surface area contributed by atoms with Gasteiger partial charge in [0.25, 0.3) is 0 Å². The number of amides is 1. The van der Waals surface area contributed by atoms with E-state index in [0.29, 0.717) is 6.42 Å². The first kappa shape index (κ1) is 14.7. The van der Waals surface area contributed by atoms with Gasteiger partial charge in [0.05, 0.1) is 0 Å². The summed E-state index contributed by atoms with van der Waals surface area (Å²) in [6.45, 7) is 4.07. The van der Waals surface area contributed by atoms with E-state index < -0.39 is 0 Å². The van der Waals surface area contributed by atoms with Gasteiger partial charge in [-0.25, -0.2) is 0 Å². The summed E-state index contributed by atoms with van der Waals surface area (Å²) >= 11 is 0. The van der Waals surface area contributed by atoms with E-state index in [1.165, 1.54) is 5.56 Å². The van der Waals surface area contributed by atoms with Crippen LogP contribution in [0.4, 0.5) is 0 Å². The number of aliphatic hydroxyl groups excluding tert-OH is 1. The van der Waals surface area contributed by atoms with Gasteiger partial charge in [-0.15, -0.1) is 0 Å². The molecule has 2 N–H and O–H groups in total. The first-order valence-corrected chi connectivity index (χ1v) is 6.62. The van der Waals surface area contributed by atoms with Crippen LogP contribution < -0.4 is 5.32 Å². The third kappa shape index (κ3) is 4.88. The largest absolute Gasteiger partial charge is 0.396 e. The third-order valence-corrected chi connectivity index (χ3v) is 3.15. The summed E-state index contributed by atoms with van der Waals surface area (Å²) in [6, 6.07) is 10.1. The highest BCUT2D eigenvalue weighted by molar-refractivity contribution is 5.78. The van der Waals surface area contributed by atoms with Gasteiger partial charge >= 0.3 is 0 Å². The second-order valence-electron chi connectivity index (χ2n) is 4.72. The van der Waals surface area contributed by atoms with Crippen LogP contribution in [-0.4, -0.2) is 23.7 Å². The Morgan fingerprint density at radius 2 is 2.00 bits per heavy atom. The molecule has 3 heteroatoms. The lowest BCUT2D eigenvalue weighted by Crippen LogP contribution is -2.38. The highest BCUT2D eigenvalue weighted by Gasteiger charge is 2.16. The highest BCUT2D eigenvalue weighted by atomic mass is 16.3. The molecule has 0 bridgehead atoms. The number of carbonyl (C=O) groups is 1. The van der Waals surface area contributed by atoms with Gasteiger partial charge in [-0.1, -0.05) is 44.2 Å². The van der Waals surface area contributed by atoms with Crippen LogP contribution in [0.3, 0.4) is 0 Å². The maximum atomic E-state index is 12.0. The molecule has 1 aromatic rings. The number of nitrogens with one attached hydrogen (secondary N) is 1. The molecule has 100 valence electrons. The highest BCUT2D eigenvalue weighted by Crippen LogP contribution is 2.09. The summed E-state index contributed by atoms with van der Waals surface area (Å²) in [7, 11) is 0. The van der Waals surface area contributed by atoms with Crippen LogP contribution in [0.2, 0.25) is 0 Å². The third-order valence-electron chi connectivity index (χ3n) is 3.15. The fourth-order valence-electron chi connectivity index (χ4n) is 1.94. The maximum absolute atomic E-state index is 12.0. The Balaban J connectivity index is 2.46. The molecule has 0 fully saturated rings. The Morgan fingerprint density at radius 1 is 1.33 bits per heavy atom. The van der Waals surface area contributed by atoms with E-state index in [1.807, 2.05) is 44.2 Å². The van der Waals surface area contributed by atoms with Gasteiger partial charge in [0.2, 0.25) is 5.91 Å². The van der Waals surface area contributed by atoms with Gasteiger partial charge in [-0.05, 0) is 24.8 Å². The Kier molecular flexibility index (Phi) is 6.44. The zero-order valence-corrected chi connectivity index (χ0v) is 11.2. The Hall–Kier alpha value is -1.35. The molecular formula is C15H23NO2. The predicted molar refractivity (Wildman–Crippen MR) is 73.2 cm³/mol. The van der Waals surface area contributed by atoms with E-state index in [2.05, 4.69) is 5.32 Å². The molecule has 1 rings (SSSR count). The molecule has 0 aromatic heterocycles. The predicted octanol–water partition coefficient (Wildman–Crippen LogP) is 2.14. The number of hydrogen-bond donors (Lipinski definition) is 2. The van der Waals surface area contributed by atoms with Crippen LogP contribution in [0.1, 0.15) is 32.3 Å². The van der Waals surface area contributed by atoms with Crippen molar-refractivity contribution in [3.63, 3.8) is 0 Å². The average Bonchev–Trinajstić information content (AvgIpc) is 2.39. The summed E-state index contributed by atoms with van der Waals surface area (Å²) < 4.78 is 0. The summed E-state index contributed by atoms with van der Waals surface area (Å²) in [5.74, 6) is 0.0271. The normalized spacial score (nSPS) is 13.9. The lowest BCUT2D eigenvalue weighted by molar-refractivity contribution is -0.125. The molecule has 0 saturated carbocycles. The minimum Gasteiger partial charge on any atom is -0.396 e. The van der Waals surface area contributed by atoms with E-state index >= 15 is 0 Å². The Bertz CT molecular complexity index is 351. The van der Waals surface area contributed by atoms with E-state index in [1.54, 1.807) is 0 Å². The molecule has 0 saturated heterocycles. The minimum absolute atomic E-state index is 0.0415. The van der Waals surface area contributed by atoms with Crippen molar-refractivity contribution in [1.29, 1.82) is 0 Å². The molecule has 3 nitrogen and oxygen atoms in total. The van der Waals surface area contributed by atoms with Crippen molar-refractivity contribution in [2.75, 3.05) is 6.61 Å². The van der Waals surface area contributed by atoms with Crippen LogP contribution in [-0.2, 0) is 11.2 Å². The monoisotopic (exact) mass is 249 g/mol. The number of rotatable bonds is 7. The molecule has 0 radical (unpaired) electrons. The Labute approximate surface area is 109 Å². The molecule has 0 aliphatic carbocycles. The van der Waals surface area contributed by atoms with Crippen LogP contribution in [0.25, 0.3) is 0 Å². The molecule has 0 aliphatic rings. The van der Waals surface area contributed by atoms with Gasteiger partial charge < -0.3 is 10.4 Å². The molecule has 0 heterocycles. The molecule has 1 amide bonds. The number of aliphatic hydroxyl groups is 1. The first-order valence-electron chi connectivity index (χ1n) is 6.62. The lowest BCUT2D eigenvalue weighted by atomic mass is 9.99. The second-order valence-corrected chi connectivity index (χ2v) is 4.72. The smallest absolute Gasteiger partial charge is 0.223 e. The van der Waals surface area contributed by atoms with Gasteiger partial charge in [0, 0.05) is 18.6 Å². The van der Waals surface area contributed by atoms with Crippen molar-refractivity contribution in [3.05, 3.63) is 35.9 Å². The van der Waals surface area contributed by atoms with E-state index in [-0.39, 0.29) is 24.5 Å². The fraction of sp³-hybridized carbons (Fsp3) is 0.533. The first-order chi connectivity index (χ1) is 8.67. The number of benzene rings is 1. The molecule has 2 atom stereocenters. The van der Waals surface area contributed by atoms with Gasteiger partial charge in [-0.3, -0.25) is 4.79 Å². The maximum Gasteiger partial charge on any atom is 0.223 e. The average molecular weight is 249 g/mol. The standard InChI is InChI=1S/C15H23NO2/c1-3-14(9-10-17)16-15(18)12(2)11-13-7-5-4-6-8-13/h4-8,12,14,17H,3,9-11H2,1-2H3,(H,16,18). The van der Waals surface area contributed by atoms with Gasteiger partial charge in [0.15, 0.2) is 0 Å². The number of hydrogen-bond acceptors (Lipinski definition) is 2. The molecule has 2 unspecified atom stereocenters.